The quantitative estimate of drug-likeness (QED) is 0.457. The Morgan fingerprint density at radius 1 is 1.10 bits per heavy atom. The van der Waals surface area contributed by atoms with E-state index in [4.69, 9.17) is 9.26 Å². The van der Waals surface area contributed by atoms with Crippen molar-refractivity contribution in [3.63, 3.8) is 0 Å². The van der Waals surface area contributed by atoms with Crippen molar-refractivity contribution in [2.24, 2.45) is 0 Å². The van der Waals surface area contributed by atoms with Crippen LogP contribution in [0.2, 0.25) is 0 Å². The number of hydrogen-bond acceptors (Lipinski definition) is 6. The molecule has 1 saturated heterocycles. The zero-order valence-corrected chi connectivity index (χ0v) is 17.8. The van der Waals surface area contributed by atoms with Crippen LogP contribution < -0.4 is 0 Å². The summed E-state index contributed by atoms with van der Waals surface area (Å²) in [5.41, 5.74) is 3.51. The zero-order chi connectivity index (χ0) is 20.7. The maximum atomic E-state index is 12.8. The third-order valence-corrected chi connectivity index (χ3v) is 5.74. The van der Waals surface area contributed by atoms with Crippen molar-refractivity contribution < 1.29 is 14.1 Å². The van der Waals surface area contributed by atoms with Gasteiger partial charge in [-0.25, -0.2) is 4.68 Å². The van der Waals surface area contributed by atoms with E-state index in [0.717, 1.165) is 26.6 Å². The van der Waals surface area contributed by atoms with Gasteiger partial charge in [-0.3, -0.25) is 4.79 Å². The van der Waals surface area contributed by atoms with Crippen LogP contribution >= 0.6 is 15.9 Å². The molecular weight excluding hydrogens is 450 g/mol. The SMILES string of the molecule is Cc1c(C(=O)N2CCOCC2)nnn1-c1ccc2noc(-c3ccc(Br)cc3)c2c1. The lowest BCUT2D eigenvalue weighted by molar-refractivity contribution is 0.0298. The number of ether oxygens (including phenoxy) is 1. The monoisotopic (exact) mass is 467 g/mol. The van der Waals surface area contributed by atoms with Crippen LogP contribution in [0.25, 0.3) is 27.9 Å². The number of halogens is 1. The van der Waals surface area contributed by atoms with E-state index in [0.29, 0.717) is 43.5 Å². The van der Waals surface area contributed by atoms with Crippen LogP contribution in [0.4, 0.5) is 0 Å². The molecule has 0 radical (unpaired) electrons. The number of nitrogens with zero attached hydrogens (tertiary/aromatic N) is 5. The summed E-state index contributed by atoms with van der Waals surface area (Å²) in [5.74, 6) is 0.561. The number of fused-ring (bicyclic) bond motifs is 1. The smallest absolute Gasteiger partial charge is 0.276 e. The molecule has 3 heterocycles. The van der Waals surface area contributed by atoms with Crippen molar-refractivity contribution in [2.75, 3.05) is 26.3 Å². The largest absolute Gasteiger partial charge is 0.378 e. The number of carbonyl (C=O) groups is 1. The minimum Gasteiger partial charge on any atom is -0.378 e. The van der Waals surface area contributed by atoms with Gasteiger partial charge in [0, 0.05) is 23.1 Å². The van der Waals surface area contributed by atoms with Gasteiger partial charge in [0.05, 0.1) is 30.0 Å². The fourth-order valence-corrected chi connectivity index (χ4v) is 3.82. The average Bonchev–Trinajstić information content (AvgIpc) is 3.37. The van der Waals surface area contributed by atoms with Gasteiger partial charge in [-0.2, -0.15) is 0 Å². The molecular formula is C21H18BrN5O3. The molecule has 1 aliphatic heterocycles. The van der Waals surface area contributed by atoms with Crippen molar-refractivity contribution in [3.05, 3.63) is 58.3 Å². The van der Waals surface area contributed by atoms with Crippen LogP contribution in [0.1, 0.15) is 16.2 Å². The highest BCUT2D eigenvalue weighted by Crippen LogP contribution is 2.31. The summed E-state index contributed by atoms with van der Waals surface area (Å²) in [4.78, 5) is 14.6. The van der Waals surface area contributed by atoms with Crippen molar-refractivity contribution in [3.8, 4) is 17.0 Å². The predicted molar refractivity (Wildman–Crippen MR) is 114 cm³/mol. The molecule has 152 valence electrons. The second-order valence-electron chi connectivity index (χ2n) is 7.06. The fourth-order valence-electron chi connectivity index (χ4n) is 3.56. The Hall–Kier alpha value is -3.04. The van der Waals surface area contributed by atoms with Crippen LogP contribution in [0.3, 0.4) is 0 Å². The molecule has 1 aliphatic rings. The number of carbonyl (C=O) groups excluding carboxylic acids is 1. The highest BCUT2D eigenvalue weighted by Gasteiger charge is 2.25. The second kappa shape index (κ2) is 7.66. The molecule has 1 amide bonds. The minimum atomic E-state index is -0.122. The van der Waals surface area contributed by atoms with E-state index in [-0.39, 0.29) is 5.91 Å². The summed E-state index contributed by atoms with van der Waals surface area (Å²) >= 11 is 3.45. The van der Waals surface area contributed by atoms with Crippen molar-refractivity contribution in [1.29, 1.82) is 0 Å². The van der Waals surface area contributed by atoms with Gasteiger partial charge in [-0.1, -0.05) is 26.3 Å². The van der Waals surface area contributed by atoms with Gasteiger partial charge in [-0.15, -0.1) is 5.10 Å². The first-order valence-corrected chi connectivity index (χ1v) is 10.4. The molecule has 0 unspecified atom stereocenters. The Labute approximate surface area is 180 Å². The van der Waals surface area contributed by atoms with Crippen molar-refractivity contribution >= 4 is 32.7 Å². The fraction of sp³-hybridized carbons (Fsp3) is 0.238. The maximum Gasteiger partial charge on any atom is 0.276 e. The molecule has 0 atom stereocenters. The summed E-state index contributed by atoms with van der Waals surface area (Å²) < 4.78 is 13.6. The Morgan fingerprint density at radius 2 is 1.87 bits per heavy atom. The molecule has 2 aromatic heterocycles. The summed E-state index contributed by atoms with van der Waals surface area (Å²) in [6.07, 6.45) is 0. The van der Waals surface area contributed by atoms with Crippen molar-refractivity contribution in [1.82, 2.24) is 25.1 Å². The minimum absolute atomic E-state index is 0.122. The molecule has 0 bridgehead atoms. The van der Waals surface area contributed by atoms with E-state index < -0.39 is 0 Å². The van der Waals surface area contributed by atoms with E-state index in [1.807, 2.05) is 49.4 Å². The Kier molecular flexibility index (Phi) is 4.84. The molecule has 4 aromatic rings. The van der Waals surface area contributed by atoms with Gasteiger partial charge in [0.15, 0.2) is 11.5 Å². The van der Waals surface area contributed by atoms with Crippen LogP contribution in [-0.2, 0) is 4.74 Å². The lowest BCUT2D eigenvalue weighted by atomic mass is 10.1. The first-order chi connectivity index (χ1) is 14.6. The topological polar surface area (TPSA) is 86.3 Å². The van der Waals surface area contributed by atoms with Crippen LogP contribution in [0.15, 0.2) is 51.5 Å². The number of morpholine rings is 1. The molecule has 0 aliphatic carbocycles. The summed E-state index contributed by atoms with van der Waals surface area (Å²) in [5, 5.41) is 13.4. The van der Waals surface area contributed by atoms with Crippen LogP contribution in [-0.4, -0.2) is 57.3 Å². The number of amides is 1. The predicted octanol–water partition coefficient (Wildman–Crippen LogP) is 3.62. The molecule has 0 spiro atoms. The number of hydrogen-bond donors (Lipinski definition) is 0. The highest BCUT2D eigenvalue weighted by molar-refractivity contribution is 9.10. The Morgan fingerprint density at radius 3 is 2.63 bits per heavy atom. The highest BCUT2D eigenvalue weighted by atomic mass is 79.9. The molecule has 30 heavy (non-hydrogen) atoms. The molecule has 2 aromatic carbocycles. The molecule has 9 heteroatoms. The lowest BCUT2D eigenvalue weighted by Gasteiger charge is -2.26. The Bertz CT molecular complexity index is 1230. The third kappa shape index (κ3) is 3.29. The maximum absolute atomic E-state index is 12.8. The van der Waals surface area contributed by atoms with E-state index in [9.17, 15) is 4.79 Å². The third-order valence-electron chi connectivity index (χ3n) is 5.21. The van der Waals surface area contributed by atoms with Crippen molar-refractivity contribution in [2.45, 2.75) is 6.92 Å². The summed E-state index contributed by atoms with van der Waals surface area (Å²) in [6, 6.07) is 13.6. The molecule has 8 nitrogen and oxygen atoms in total. The normalized spacial score (nSPS) is 14.4. The van der Waals surface area contributed by atoms with Gasteiger partial charge in [0.25, 0.3) is 5.91 Å². The molecule has 5 rings (SSSR count). The van der Waals surface area contributed by atoms with E-state index >= 15 is 0 Å². The van der Waals surface area contributed by atoms with Crippen LogP contribution in [0, 0.1) is 6.92 Å². The zero-order valence-electron chi connectivity index (χ0n) is 16.2. The molecule has 1 fully saturated rings. The lowest BCUT2D eigenvalue weighted by Crippen LogP contribution is -2.41. The first kappa shape index (κ1) is 19.0. The number of rotatable bonds is 3. The second-order valence-corrected chi connectivity index (χ2v) is 7.98. The number of aromatic nitrogens is 4. The van der Waals surface area contributed by atoms with E-state index in [1.54, 1.807) is 9.58 Å². The average molecular weight is 468 g/mol. The Balaban J connectivity index is 1.52. The van der Waals surface area contributed by atoms with E-state index in [1.165, 1.54) is 0 Å². The first-order valence-electron chi connectivity index (χ1n) is 9.57. The van der Waals surface area contributed by atoms with Gasteiger partial charge >= 0.3 is 0 Å². The summed E-state index contributed by atoms with van der Waals surface area (Å²) in [7, 11) is 0. The van der Waals surface area contributed by atoms with E-state index in [2.05, 4.69) is 31.4 Å². The van der Waals surface area contributed by atoms with Gasteiger partial charge < -0.3 is 14.2 Å². The van der Waals surface area contributed by atoms with Crippen LogP contribution in [0.5, 0.6) is 0 Å². The van der Waals surface area contributed by atoms with Gasteiger partial charge in [0.2, 0.25) is 0 Å². The standard InChI is InChI=1S/C21H18BrN5O3/c1-13-19(21(28)26-8-10-29-11-9-26)23-25-27(13)16-6-7-18-17(12-16)20(30-24-18)14-2-4-15(22)5-3-14/h2-7,12H,8-11H2,1H3. The summed E-state index contributed by atoms with van der Waals surface area (Å²) in [6.45, 7) is 4.06. The number of benzene rings is 2. The van der Waals surface area contributed by atoms with Gasteiger partial charge in [0.1, 0.15) is 5.52 Å². The molecule has 0 saturated carbocycles. The van der Waals surface area contributed by atoms with Gasteiger partial charge in [-0.05, 0) is 49.4 Å². The molecule has 0 N–H and O–H groups in total.